The third-order valence-corrected chi connectivity index (χ3v) is 3.90. The number of nitrogens with two attached hydrogens (primary N) is 1. The zero-order valence-electron chi connectivity index (χ0n) is 12.8. The smallest absolute Gasteiger partial charge is 0.322 e. The largest absolute Gasteiger partial charge is 0.480 e. The molecule has 1 aromatic carbocycles. The summed E-state index contributed by atoms with van der Waals surface area (Å²) in [7, 11) is 1.38. The first-order valence-corrected chi connectivity index (χ1v) is 7.06. The van der Waals surface area contributed by atoms with Crippen LogP contribution in [0, 0.1) is 10.1 Å². The van der Waals surface area contributed by atoms with Gasteiger partial charge in [-0.15, -0.1) is 0 Å². The maximum Gasteiger partial charge on any atom is 0.322 e. The Bertz CT molecular complexity index is 719. The summed E-state index contributed by atoms with van der Waals surface area (Å²) >= 11 is 0. The van der Waals surface area contributed by atoms with Gasteiger partial charge in [-0.3, -0.25) is 29.5 Å². The number of nitro benzene ring substituents is 1. The lowest BCUT2D eigenvalue weighted by molar-refractivity contribution is -0.385. The lowest BCUT2D eigenvalue weighted by Crippen LogP contribution is -2.50. The van der Waals surface area contributed by atoms with E-state index in [1.165, 1.54) is 30.3 Å². The standard InChI is InChI=1S/C14H16N4O6/c1-16(11(14(21)22)5-6-12(15)19)17-7-9-8(13(17)20)3-2-4-10(9)18(23)24/h2-4,11H,5-7H2,1H3,(H2,15,19)(H,21,22)/t11-/m0/s1. The molecular weight excluding hydrogens is 320 g/mol. The summed E-state index contributed by atoms with van der Waals surface area (Å²) in [5, 5.41) is 22.7. The first kappa shape index (κ1) is 17.3. The molecule has 10 nitrogen and oxygen atoms in total. The average molecular weight is 336 g/mol. The normalized spacial score (nSPS) is 14.6. The van der Waals surface area contributed by atoms with Crippen LogP contribution in [0.4, 0.5) is 5.69 Å². The number of fused-ring (bicyclic) bond motifs is 1. The van der Waals surface area contributed by atoms with E-state index < -0.39 is 28.7 Å². The topological polar surface area (TPSA) is 147 Å². The highest BCUT2D eigenvalue weighted by molar-refractivity contribution is 5.99. The minimum Gasteiger partial charge on any atom is -0.480 e. The number of aliphatic carboxylic acids is 1. The van der Waals surface area contributed by atoms with E-state index in [1.54, 1.807) is 0 Å². The average Bonchev–Trinajstić information content (AvgIpc) is 2.83. The van der Waals surface area contributed by atoms with Gasteiger partial charge in [0.15, 0.2) is 0 Å². The number of carboxylic acid groups (broad SMARTS) is 1. The number of likely N-dealkylation sites (N-methyl/N-ethyl adjacent to an activating group) is 1. The lowest BCUT2D eigenvalue weighted by atomic mass is 10.1. The van der Waals surface area contributed by atoms with Crippen LogP contribution in [-0.4, -0.2) is 50.9 Å². The van der Waals surface area contributed by atoms with Crippen LogP contribution in [0.3, 0.4) is 0 Å². The number of nitro groups is 1. The fourth-order valence-electron chi connectivity index (χ4n) is 2.65. The number of carboxylic acids is 1. The first-order chi connectivity index (χ1) is 11.2. The molecule has 1 heterocycles. The van der Waals surface area contributed by atoms with Crippen LogP contribution in [0.5, 0.6) is 0 Å². The first-order valence-electron chi connectivity index (χ1n) is 7.06. The fraction of sp³-hybridized carbons (Fsp3) is 0.357. The summed E-state index contributed by atoms with van der Waals surface area (Å²) in [6.45, 7) is -0.109. The summed E-state index contributed by atoms with van der Waals surface area (Å²) in [6, 6.07) is 2.99. The number of hydrazine groups is 1. The number of carbonyl (C=O) groups is 3. The van der Waals surface area contributed by atoms with Crippen molar-refractivity contribution in [3.05, 3.63) is 39.4 Å². The molecule has 1 atom stereocenters. The van der Waals surface area contributed by atoms with Gasteiger partial charge in [0.25, 0.3) is 11.6 Å². The molecule has 0 aliphatic carbocycles. The van der Waals surface area contributed by atoms with Crippen LogP contribution in [0.15, 0.2) is 18.2 Å². The minimum atomic E-state index is -1.22. The summed E-state index contributed by atoms with van der Waals surface area (Å²) in [6.07, 6.45) is -0.236. The number of amides is 2. The van der Waals surface area contributed by atoms with Gasteiger partial charge in [-0.2, -0.15) is 0 Å². The second kappa shape index (κ2) is 6.62. The van der Waals surface area contributed by atoms with Crippen LogP contribution in [0.2, 0.25) is 0 Å². The molecule has 0 saturated heterocycles. The molecule has 3 N–H and O–H groups in total. The summed E-state index contributed by atoms with van der Waals surface area (Å²) in [5.41, 5.74) is 5.24. The van der Waals surface area contributed by atoms with Crippen LogP contribution in [0.1, 0.15) is 28.8 Å². The highest BCUT2D eigenvalue weighted by atomic mass is 16.6. The number of carbonyl (C=O) groups excluding carboxylic acids is 2. The number of nitrogens with zero attached hydrogens (tertiary/aromatic N) is 3. The van der Waals surface area contributed by atoms with Crippen LogP contribution in [-0.2, 0) is 16.1 Å². The van der Waals surface area contributed by atoms with Crippen molar-refractivity contribution in [1.82, 2.24) is 10.0 Å². The van der Waals surface area contributed by atoms with Gasteiger partial charge in [0.05, 0.1) is 22.6 Å². The lowest BCUT2D eigenvalue weighted by Gasteiger charge is -2.32. The van der Waals surface area contributed by atoms with E-state index in [2.05, 4.69) is 0 Å². The third-order valence-electron chi connectivity index (χ3n) is 3.90. The van der Waals surface area contributed by atoms with Gasteiger partial charge < -0.3 is 10.8 Å². The molecule has 0 bridgehead atoms. The van der Waals surface area contributed by atoms with Crippen molar-refractivity contribution in [3.63, 3.8) is 0 Å². The molecule has 2 amide bonds. The van der Waals surface area contributed by atoms with Crippen LogP contribution < -0.4 is 5.73 Å². The second-order valence-corrected chi connectivity index (χ2v) is 5.36. The highest BCUT2D eigenvalue weighted by Crippen LogP contribution is 2.32. The van der Waals surface area contributed by atoms with E-state index in [0.717, 1.165) is 5.01 Å². The molecule has 128 valence electrons. The molecular formula is C14H16N4O6. The number of hydrogen-bond donors (Lipinski definition) is 2. The second-order valence-electron chi connectivity index (χ2n) is 5.36. The Morgan fingerprint density at radius 1 is 1.50 bits per heavy atom. The van der Waals surface area contributed by atoms with Gasteiger partial charge in [-0.25, -0.2) is 5.01 Å². The van der Waals surface area contributed by atoms with Crippen molar-refractivity contribution >= 4 is 23.5 Å². The predicted octanol–water partition coefficient (Wildman–Crippen LogP) is 0.116. The molecule has 0 fully saturated rings. The van der Waals surface area contributed by atoms with Crippen LogP contribution >= 0.6 is 0 Å². The fourth-order valence-corrected chi connectivity index (χ4v) is 2.65. The van der Waals surface area contributed by atoms with Crippen molar-refractivity contribution in [2.24, 2.45) is 5.73 Å². The molecule has 1 aliphatic heterocycles. The SMILES string of the molecule is CN([C@@H](CCC(N)=O)C(=O)O)N1Cc2c(cccc2[N+](=O)[O-])C1=O. The highest BCUT2D eigenvalue weighted by Gasteiger charge is 2.38. The summed E-state index contributed by atoms with van der Waals surface area (Å²) in [4.78, 5) is 45.3. The third kappa shape index (κ3) is 3.18. The number of rotatable bonds is 7. The van der Waals surface area contributed by atoms with Gasteiger partial charge in [-0.05, 0) is 12.5 Å². The van der Waals surface area contributed by atoms with Gasteiger partial charge in [0.1, 0.15) is 6.04 Å². The summed E-state index contributed by atoms with van der Waals surface area (Å²) < 4.78 is 0. The Morgan fingerprint density at radius 2 is 2.17 bits per heavy atom. The number of hydrogen-bond acceptors (Lipinski definition) is 6. The van der Waals surface area contributed by atoms with Crippen molar-refractivity contribution in [1.29, 1.82) is 0 Å². The molecule has 0 unspecified atom stereocenters. The maximum absolute atomic E-state index is 12.5. The zero-order valence-corrected chi connectivity index (χ0v) is 12.8. The molecule has 24 heavy (non-hydrogen) atoms. The van der Waals surface area contributed by atoms with E-state index in [4.69, 9.17) is 5.73 Å². The molecule has 2 rings (SSSR count). The number of primary amides is 1. The zero-order chi connectivity index (χ0) is 18.0. The Balaban J connectivity index is 2.28. The van der Waals surface area contributed by atoms with Crippen molar-refractivity contribution in [2.45, 2.75) is 25.4 Å². The van der Waals surface area contributed by atoms with E-state index >= 15 is 0 Å². The Hall–Kier alpha value is -3.01. The number of benzene rings is 1. The predicted molar refractivity (Wildman–Crippen MR) is 80.6 cm³/mol. The molecule has 1 aromatic rings. The summed E-state index contributed by atoms with van der Waals surface area (Å²) in [5.74, 6) is -2.40. The maximum atomic E-state index is 12.5. The molecule has 0 spiro atoms. The molecule has 0 aromatic heterocycles. The van der Waals surface area contributed by atoms with Gasteiger partial charge in [0.2, 0.25) is 5.91 Å². The Morgan fingerprint density at radius 3 is 2.71 bits per heavy atom. The molecule has 1 aliphatic rings. The Kier molecular flexibility index (Phi) is 4.79. The van der Waals surface area contributed by atoms with E-state index in [-0.39, 0.29) is 36.2 Å². The molecule has 0 radical (unpaired) electrons. The van der Waals surface area contributed by atoms with Crippen molar-refractivity contribution < 1.29 is 24.4 Å². The van der Waals surface area contributed by atoms with Gasteiger partial charge in [-0.1, -0.05) is 6.07 Å². The quantitative estimate of drug-likeness (QED) is 0.530. The molecule has 10 heteroatoms. The van der Waals surface area contributed by atoms with Gasteiger partial charge in [0, 0.05) is 19.5 Å². The van der Waals surface area contributed by atoms with E-state index in [0.29, 0.717) is 0 Å². The van der Waals surface area contributed by atoms with Crippen molar-refractivity contribution in [3.8, 4) is 0 Å². The van der Waals surface area contributed by atoms with Crippen molar-refractivity contribution in [2.75, 3.05) is 7.05 Å². The van der Waals surface area contributed by atoms with Gasteiger partial charge >= 0.3 is 5.97 Å². The van der Waals surface area contributed by atoms with E-state index in [9.17, 15) is 29.6 Å². The van der Waals surface area contributed by atoms with E-state index in [1.807, 2.05) is 0 Å². The minimum absolute atomic E-state index is 0.0800. The Labute approximate surface area is 136 Å². The monoisotopic (exact) mass is 336 g/mol. The van der Waals surface area contributed by atoms with Crippen LogP contribution in [0.25, 0.3) is 0 Å². The molecule has 0 saturated carbocycles.